The van der Waals surface area contributed by atoms with E-state index in [0.29, 0.717) is 11.4 Å². The zero-order valence-corrected chi connectivity index (χ0v) is 8.12. The molecule has 0 spiro atoms. The molecule has 0 radical (unpaired) electrons. The number of hydrogen-bond acceptors (Lipinski definition) is 4. The fourth-order valence-corrected chi connectivity index (χ4v) is 0.842. The van der Waals surface area contributed by atoms with Gasteiger partial charge in [0.05, 0.1) is 0 Å². The second kappa shape index (κ2) is 4.99. The van der Waals surface area contributed by atoms with Gasteiger partial charge in [-0.25, -0.2) is 4.79 Å². The van der Waals surface area contributed by atoms with Gasteiger partial charge in [-0.3, -0.25) is 0 Å². The minimum atomic E-state index is -0.665. The van der Waals surface area contributed by atoms with Crippen LogP contribution in [-0.4, -0.2) is 12.0 Å². The number of nitrogens with zero attached hydrogens (tertiary/aromatic N) is 3. The van der Waals surface area contributed by atoms with E-state index in [-0.39, 0.29) is 0 Å². The molecule has 1 atom stereocenters. The molecule has 0 saturated heterocycles. The van der Waals surface area contributed by atoms with Crippen LogP contribution >= 0.6 is 0 Å². The van der Waals surface area contributed by atoms with Crippen molar-refractivity contribution in [2.24, 2.45) is 10.8 Å². The molecule has 0 heterocycles. The Morgan fingerprint density at radius 2 is 2.13 bits per heavy atom. The molecule has 0 aromatic heterocycles. The maximum atomic E-state index is 11.1. The number of nitrogens with two attached hydrogens (primary N) is 1. The third kappa shape index (κ3) is 3.30. The van der Waals surface area contributed by atoms with E-state index in [1.807, 2.05) is 0 Å². The average molecular weight is 206 g/mol. The van der Waals surface area contributed by atoms with Crippen LogP contribution in [0.3, 0.4) is 0 Å². The van der Waals surface area contributed by atoms with Crippen molar-refractivity contribution >= 4 is 11.7 Å². The molecular weight excluding hydrogens is 196 g/mol. The van der Waals surface area contributed by atoms with Crippen LogP contribution in [0.1, 0.15) is 6.92 Å². The zero-order valence-electron chi connectivity index (χ0n) is 8.12. The Kier molecular flexibility index (Phi) is 3.68. The third-order valence-electron chi connectivity index (χ3n) is 1.59. The molecule has 0 aliphatic rings. The second-order valence-electron chi connectivity index (χ2n) is 2.89. The minimum absolute atomic E-state index is 0.370. The van der Waals surface area contributed by atoms with E-state index in [4.69, 9.17) is 16.0 Å². The van der Waals surface area contributed by atoms with Gasteiger partial charge in [-0.15, -0.1) is 0 Å². The van der Waals surface area contributed by atoms with E-state index in [1.54, 1.807) is 12.1 Å². The largest absolute Gasteiger partial charge is 0.425 e. The lowest BCUT2D eigenvalue weighted by Crippen LogP contribution is -2.30. The predicted molar refractivity (Wildman–Crippen MR) is 54.5 cm³/mol. The van der Waals surface area contributed by atoms with Crippen molar-refractivity contribution in [3.63, 3.8) is 0 Å². The summed E-state index contributed by atoms with van der Waals surface area (Å²) in [6, 6.07) is 5.49. The Hall–Kier alpha value is -2.04. The van der Waals surface area contributed by atoms with E-state index in [1.165, 1.54) is 19.1 Å². The quantitative estimate of drug-likeness (QED) is 0.268. The lowest BCUT2D eigenvalue weighted by molar-refractivity contribution is -0.135. The van der Waals surface area contributed by atoms with Crippen molar-refractivity contribution in [1.82, 2.24) is 0 Å². The monoisotopic (exact) mass is 206 g/mol. The van der Waals surface area contributed by atoms with E-state index >= 15 is 0 Å². The van der Waals surface area contributed by atoms with Gasteiger partial charge >= 0.3 is 5.97 Å². The topological polar surface area (TPSA) is 101 Å². The van der Waals surface area contributed by atoms with Crippen LogP contribution in [0.2, 0.25) is 0 Å². The van der Waals surface area contributed by atoms with Gasteiger partial charge in [0, 0.05) is 10.6 Å². The Morgan fingerprint density at radius 1 is 1.53 bits per heavy atom. The van der Waals surface area contributed by atoms with E-state index in [0.717, 1.165) is 0 Å². The van der Waals surface area contributed by atoms with Gasteiger partial charge in [0.1, 0.15) is 11.8 Å². The van der Waals surface area contributed by atoms with Crippen LogP contribution in [0.15, 0.2) is 29.4 Å². The van der Waals surface area contributed by atoms with Gasteiger partial charge < -0.3 is 10.5 Å². The smallest absolute Gasteiger partial charge is 0.328 e. The summed E-state index contributed by atoms with van der Waals surface area (Å²) in [6.07, 6.45) is 0. The van der Waals surface area contributed by atoms with Gasteiger partial charge in [-0.1, -0.05) is 5.11 Å². The van der Waals surface area contributed by atoms with Gasteiger partial charge in [0.15, 0.2) is 0 Å². The first-order valence-corrected chi connectivity index (χ1v) is 4.26. The SMILES string of the molecule is C[C@H](N)C(=O)Oc1ccc(N=[N+]=[N-])cc1. The average Bonchev–Trinajstić information content (AvgIpc) is 2.21. The molecule has 0 amide bonds. The molecule has 2 N–H and O–H groups in total. The van der Waals surface area contributed by atoms with Crippen molar-refractivity contribution in [2.45, 2.75) is 13.0 Å². The molecule has 6 heteroatoms. The Balaban J connectivity index is 2.72. The Bertz CT molecular complexity index is 393. The summed E-state index contributed by atoms with van der Waals surface area (Å²) in [4.78, 5) is 13.7. The molecule has 1 rings (SSSR count). The maximum absolute atomic E-state index is 11.1. The first-order chi connectivity index (χ1) is 7.13. The molecule has 0 bridgehead atoms. The molecule has 78 valence electrons. The second-order valence-corrected chi connectivity index (χ2v) is 2.89. The minimum Gasteiger partial charge on any atom is -0.425 e. The normalized spacial score (nSPS) is 11.3. The first-order valence-electron chi connectivity index (χ1n) is 4.26. The first kappa shape index (κ1) is 11.0. The van der Waals surface area contributed by atoms with Gasteiger partial charge in [-0.05, 0) is 36.7 Å². The van der Waals surface area contributed by atoms with Crippen LogP contribution in [0.25, 0.3) is 10.4 Å². The Morgan fingerprint density at radius 3 is 2.60 bits per heavy atom. The number of esters is 1. The lowest BCUT2D eigenvalue weighted by atomic mass is 10.3. The fourth-order valence-electron chi connectivity index (χ4n) is 0.842. The Labute approximate surface area is 86.3 Å². The van der Waals surface area contributed by atoms with Crippen molar-refractivity contribution in [3.8, 4) is 5.75 Å². The van der Waals surface area contributed by atoms with E-state index in [9.17, 15) is 4.79 Å². The number of hydrogen-bond donors (Lipinski definition) is 1. The highest BCUT2D eigenvalue weighted by Gasteiger charge is 2.09. The molecule has 0 unspecified atom stereocenters. The fraction of sp³-hybridized carbons (Fsp3) is 0.222. The summed E-state index contributed by atoms with van der Waals surface area (Å²) in [5.41, 5.74) is 13.9. The highest BCUT2D eigenvalue weighted by Crippen LogP contribution is 2.18. The highest BCUT2D eigenvalue weighted by molar-refractivity contribution is 5.77. The van der Waals surface area contributed by atoms with E-state index in [2.05, 4.69) is 10.0 Å². The molecule has 1 aromatic rings. The van der Waals surface area contributed by atoms with Gasteiger partial charge in [0.2, 0.25) is 0 Å². The number of rotatable bonds is 3. The molecule has 1 aromatic carbocycles. The van der Waals surface area contributed by atoms with Crippen molar-refractivity contribution in [3.05, 3.63) is 34.7 Å². The van der Waals surface area contributed by atoms with Gasteiger partial charge in [-0.2, -0.15) is 0 Å². The molecule has 6 nitrogen and oxygen atoms in total. The van der Waals surface area contributed by atoms with Crippen LogP contribution in [-0.2, 0) is 4.79 Å². The molecule has 0 aliphatic heterocycles. The van der Waals surface area contributed by atoms with Crippen LogP contribution in [0, 0.1) is 0 Å². The molecule has 0 aliphatic carbocycles. The van der Waals surface area contributed by atoms with Crippen molar-refractivity contribution < 1.29 is 9.53 Å². The number of carbonyl (C=O) groups excluding carboxylic acids is 1. The number of ether oxygens (including phenoxy) is 1. The summed E-state index contributed by atoms with van der Waals surface area (Å²) in [5.74, 6) is -0.138. The van der Waals surface area contributed by atoms with Gasteiger partial charge in [0.25, 0.3) is 0 Å². The van der Waals surface area contributed by atoms with Crippen molar-refractivity contribution in [2.75, 3.05) is 0 Å². The maximum Gasteiger partial charge on any atom is 0.328 e. The third-order valence-corrected chi connectivity index (χ3v) is 1.59. The molecular formula is C9H10N4O2. The number of carbonyl (C=O) groups is 1. The summed E-state index contributed by atoms with van der Waals surface area (Å²) >= 11 is 0. The number of azide groups is 1. The zero-order chi connectivity index (χ0) is 11.3. The molecule has 15 heavy (non-hydrogen) atoms. The van der Waals surface area contributed by atoms with Crippen LogP contribution in [0.5, 0.6) is 5.75 Å². The van der Waals surface area contributed by atoms with Crippen LogP contribution < -0.4 is 10.5 Å². The highest BCUT2D eigenvalue weighted by atomic mass is 16.5. The molecule has 0 saturated carbocycles. The standard InChI is InChI=1S/C9H10N4O2/c1-6(10)9(14)15-8-4-2-7(3-5-8)12-13-11/h2-6H,10H2,1H3/t6-/m0/s1. The lowest BCUT2D eigenvalue weighted by Gasteiger charge is -2.06. The summed E-state index contributed by atoms with van der Waals surface area (Å²) < 4.78 is 4.91. The van der Waals surface area contributed by atoms with Crippen LogP contribution in [0.4, 0.5) is 5.69 Å². The summed E-state index contributed by atoms with van der Waals surface area (Å²) in [6.45, 7) is 1.54. The number of benzene rings is 1. The van der Waals surface area contributed by atoms with Crippen molar-refractivity contribution in [1.29, 1.82) is 0 Å². The summed E-state index contributed by atoms with van der Waals surface area (Å²) in [7, 11) is 0. The van der Waals surface area contributed by atoms with E-state index < -0.39 is 12.0 Å². The molecule has 0 fully saturated rings. The summed E-state index contributed by atoms with van der Waals surface area (Å²) in [5, 5.41) is 3.38. The predicted octanol–water partition coefficient (Wildman–Crippen LogP) is 1.88.